The third-order valence-electron chi connectivity index (χ3n) is 8.17. The Morgan fingerprint density at radius 3 is 1.03 bits per heavy atom. The average molecular weight is 493 g/mol. The smallest absolute Gasteiger partial charge is 0.0270 e. The van der Waals surface area contributed by atoms with E-state index in [4.69, 9.17) is 0 Å². The number of nitrogens with zero attached hydrogens (tertiary/aromatic N) is 2. The molecular weight excluding hydrogens is 436 g/mol. The van der Waals surface area contributed by atoms with Crippen molar-refractivity contribution < 1.29 is 0 Å². The molecule has 2 rings (SSSR count). The van der Waals surface area contributed by atoms with Crippen LogP contribution < -0.4 is 0 Å². The Balaban J connectivity index is 1.42. The lowest BCUT2D eigenvalue weighted by Crippen LogP contribution is -2.23. The predicted molar refractivity (Wildman–Crippen MR) is 158 cm³/mol. The van der Waals surface area contributed by atoms with Crippen LogP contribution in [0.1, 0.15) is 160 Å². The van der Waals surface area contributed by atoms with Gasteiger partial charge in [-0.3, -0.25) is 9.97 Å². The highest BCUT2D eigenvalue weighted by Gasteiger charge is 2.28. The first-order valence-corrected chi connectivity index (χ1v) is 15.6. The van der Waals surface area contributed by atoms with Crippen LogP contribution >= 0.6 is 0 Å². The number of hydrogen-bond donors (Lipinski definition) is 0. The van der Waals surface area contributed by atoms with Crippen LogP contribution in [0, 0.1) is 0 Å². The Morgan fingerprint density at radius 1 is 0.444 bits per heavy atom. The fraction of sp³-hybridized carbons (Fsp3) is 0.706. The number of aromatic nitrogens is 2. The molecule has 0 atom stereocenters. The Morgan fingerprint density at radius 2 is 0.722 bits per heavy atom. The van der Waals surface area contributed by atoms with E-state index in [1.807, 2.05) is 24.8 Å². The maximum atomic E-state index is 4.23. The van der Waals surface area contributed by atoms with Gasteiger partial charge in [-0.2, -0.15) is 0 Å². The van der Waals surface area contributed by atoms with E-state index >= 15 is 0 Å². The van der Waals surface area contributed by atoms with Crippen LogP contribution in [0.25, 0.3) is 0 Å². The van der Waals surface area contributed by atoms with Crippen molar-refractivity contribution in [2.24, 2.45) is 0 Å². The largest absolute Gasteiger partial charge is 0.265 e. The highest BCUT2D eigenvalue weighted by Crippen LogP contribution is 2.36. The van der Waals surface area contributed by atoms with Gasteiger partial charge in [0.1, 0.15) is 0 Å². The lowest BCUT2D eigenvalue weighted by atomic mass is 9.73. The van der Waals surface area contributed by atoms with E-state index in [2.05, 4.69) is 48.1 Å². The normalized spacial score (nSPS) is 11.7. The van der Waals surface area contributed by atoms with E-state index in [9.17, 15) is 0 Å². The van der Waals surface area contributed by atoms with Gasteiger partial charge in [0.15, 0.2) is 0 Å². The van der Waals surface area contributed by atoms with Crippen LogP contribution in [0.2, 0.25) is 0 Å². The Hall–Kier alpha value is -1.70. The van der Waals surface area contributed by atoms with Gasteiger partial charge in [0.25, 0.3) is 0 Å². The fourth-order valence-electron chi connectivity index (χ4n) is 5.63. The molecule has 0 aliphatic rings. The molecule has 0 N–H and O–H groups in total. The molecular formula is C34H56N2. The monoisotopic (exact) mass is 492 g/mol. The van der Waals surface area contributed by atoms with Gasteiger partial charge in [-0.25, -0.2) is 0 Å². The van der Waals surface area contributed by atoms with E-state index < -0.39 is 0 Å². The first-order valence-electron chi connectivity index (χ1n) is 15.6. The summed E-state index contributed by atoms with van der Waals surface area (Å²) in [6, 6.07) is 8.71. The summed E-state index contributed by atoms with van der Waals surface area (Å²) in [4.78, 5) is 8.46. The molecule has 0 radical (unpaired) electrons. The van der Waals surface area contributed by atoms with Crippen LogP contribution in [0.5, 0.6) is 0 Å². The summed E-state index contributed by atoms with van der Waals surface area (Å²) in [5.74, 6) is 0. The Kier molecular flexibility index (Phi) is 17.3. The van der Waals surface area contributed by atoms with E-state index in [1.54, 1.807) is 0 Å². The zero-order valence-corrected chi connectivity index (χ0v) is 23.9. The fourth-order valence-corrected chi connectivity index (χ4v) is 5.63. The molecule has 202 valence electrons. The van der Waals surface area contributed by atoms with Crippen molar-refractivity contribution in [1.82, 2.24) is 9.97 Å². The number of rotatable bonds is 23. The van der Waals surface area contributed by atoms with Gasteiger partial charge in [-0.05, 0) is 41.8 Å². The second-order valence-electron chi connectivity index (χ2n) is 11.3. The zero-order valence-electron chi connectivity index (χ0n) is 23.9. The third-order valence-corrected chi connectivity index (χ3v) is 8.17. The molecule has 36 heavy (non-hydrogen) atoms. The minimum Gasteiger partial charge on any atom is -0.265 e. The summed E-state index contributed by atoms with van der Waals surface area (Å²) in [7, 11) is 0. The molecule has 0 aliphatic carbocycles. The molecule has 0 spiro atoms. The van der Waals surface area contributed by atoms with Gasteiger partial charge in [0, 0.05) is 30.2 Å². The van der Waals surface area contributed by atoms with Gasteiger partial charge in [-0.15, -0.1) is 0 Å². The van der Waals surface area contributed by atoms with E-state index in [0.717, 1.165) is 0 Å². The van der Waals surface area contributed by atoms with Crippen molar-refractivity contribution in [2.45, 2.75) is 154 Å². The van der Waals surface area contributed by atoms with Gasteiger partial charge >= 0.3 is 0 Å². The maximum Gasteiger partial charge on any atom is 0.0270 e. The first kappa shape index (κ1) is 30.5. The molecule has 0 saturated heterocycles. The van der Waals surface area contributed by atoms with Gasteiger partial charge in [0.05, 0.1) is 0 Å². The molecule has 2 aromatic heterocycles. The van der Waals surface area contributed by atoms with Crippen LogP contribution in [0.4, 0.5) is 0 Å². The Labute approximate surface area is 224 Å². The second kappa shape index (κ2) is 20.4. The zero-order chi connectivity index (χ0) is 25.6. The van der Waals surface area contributed by atoms with Crippen molar-refractivity contribution in [3.8, 4) is 0 Å². The van der Waals surface area contributed by atoms with Crippen LogP contribution in [-0.2, 0) is 5.41 Å². The first-order chi connectivity index (χ1) is 17.8. The summed E-state index contributed by atoms with van der Waals surface area (Å²) in [5.41, 5.74) is 2.77. The second-order valence-corrected chi connectivity index (χ2v) is 11.3. The summed E-state index contributed by atoms with van der Waals surface area (Å²) < 4.78 is 0. The van der Waals surface area contributed by atoms with Crippen LogP contribution in [-0.4, -0.2) is 9.97 Å². The molecule has 0 fully saturated rings. The molecule has 0 bridgehead atoms. The molecule has 0 amide bonds. The molecule has 2 aromatic rings. The minimum atomic E-state index is 0.0418. The maximum absolute atomic E-state index is 4.23. The molecule has 2 heteroatoms. The van der Waals surface area contributed by atoms with E-state index in [1.165, 1.54) is 146 Å². The van der Waals surface area contributed by atoms with Crippen LogP contribution in [0.3, 0.4) is 0 Å². The lowest BCUT2D eigenvalue weighted by molar-refractivity contribution is 0.468. The number of hydrogen-bond acceptors (Lipinski definition) is 2. The number of unbranched alkanes of at least 4 members (excludes halogenated alkanes) is 19. The summed E-state index contributed by atoms with van der Waals surface area (Å²) in [5, 5.41) is 0. The quantitative estimate of drug-likeness (QED) is 0.144. The minimum absolute atomic E-state index is 0.0418. The highest BCUT2D eigenvalue weighted by molar-refractivity contribution is 5.36. The molecule has 2 nitrogen and oxygen atoms in total. The van der Waals surface area contributed by atoms with Crippen molar-refractivity contribution in [1.29, 1.82) is 0 Å². The molecule has 0 unspecified atom stereocenters. The highest BCUT2D eigenvalue weighted by atomic mass is 14.6. The van der Waals surface area contributed by atoms with Crippen molar-refractivity contribution in [3.05, 3.63) is 60.2 Å². The molecule has 0 aromatic carbocycles. The molecule has 0 aliphatic heterocycles. The topological polar surface area (TPSA) is 25.8 Å². The van der Waals surface area contributed by atoms with Gasteiger partial charge in [0.2, 0.25) is 0 Å². The third kappa shape index (κ3) is 13.0. The van der Waals surface area contributed by atoms with Gasteiger partial charge < -0.3 is 0 Å². The molecule has 2 heterocycles. The van der Waals surface area contributed by atoms with Gasteiger partial charge in [-0.1, -0.05) is 142 Å². The number of pyridine rings is 2. The van der Waals surface area contributed by atoms with Crippen molar-refractivity contribution in [3.63, 3.8) is 0 Å². The van der Waals surface area contributed by atoms with E-state index in [-0.39, 0.29) is 5.41 Å². The summed E-state index contributed by atoms with van der Waals surface area (Å²) in [6.07, 6.45) is 37.5. The standard InChI is InChI=1S/C34H56N2/c1-3-4-5-6-7-8-9-10-11-12-13-14-15-16-17-18-19-20-21-22-27-34(2,32-23-28-35-29-24-32)33-25-30-36-31-26-33/h23-26,28-31H,3-22,27H2,1-2H3. The van der Waals surface area contributed by atoms with Crippen molar-refractivity contribution in [2.75, 3.05) is 0 Å². The lowest BCUT2D eigenvalue weighted by Gasteiger charge is -2.31. The summed E-state index contributed by atoms with van der Waals surface area (Å²) in [6.45, 7) is 4.68. The average Bonchev–Trinajstić information content (AvgIpc) is 2.93. The molecule has 0 saturated carbocycles. The van der Waals surface area contributed by atoms with Crippen molar-refractivity contribution >= 4 is 0 Å². The summed E-state index contributed by atoms with van der Waals surface area (Å²) >= 11 is 0. The van der Waals surface area contributed by atoms with E-state index in [0.29, 0.717) is 0 Å². The Bertz CT molecular complexity index is 688. The SMILES string of the molecule is CCCCCCCCCCCCCCCCCCCCCCC(C)(c1ccncc1)c1ccncc1. The van der Waals surface area contributed by atoms with Crippen LogP contribution in [0.15, 0.2) is 49.1 Å². The predicted octanol–water partition coefficient (Wildman–Crippen LogP) is 11.0.